The van der Waals surface area contributed by atoms with Gasteiger partial charge in [0.15, 0.2) is 5.96 Å². The van der Waals surface area contributed by atoms with Gasteiger partial charge >= 0.3 is 0 Å². The van der Waals surface area contributed by atoms with Crippen LogP contribution in [-0.2, 0) is 16.1 Å². The number of amides is 1. The summed E-state index contributed by atoms with van der Waals surface area (Å²) in [5, 5.41) is 6.46. The van der Waals surface area contributed by atoms with E-state index in [1.165, 1.54) is 25.7 Å². The highest BCUT2D eigenvalue weighted by atomic mass is 127. The summed E-state index contributed by atoms with van der Waals surface area (Å²) in [5.41, 5.74) is 1.98. The number of likely N-dealkylation sites (N-methyl/N-ethyl adjacent to an activating group) is 1. The molecule has 0 spiro atoms. The number of hydrogen-bond donors (Lipinski definition) is 2. The van der Waals surface area contributed by atoms with Gasteiger partial charge in [0.2, 0.25) is 5.91 Å². The number of halogens is 1. The van der Waals surface area contributed by atoms with Crippen molar-refractivity contribution in [2.75, 3.05) is 39.2 Å². The molecule has 0 aromatic heterocycles. The lowest BCUT2D eigenvalue weighted by atomic mass is 10.1. The number of aliphatic imine (C=N–C) groups is 1. The van der Waals surface area contributed by atoms with Crippen LogP contribution >= 0.6 is 24.0 Å². The number of nitrogens with zero attached hydrogens (tertiary/aromatic N) is 2. The van der Waals surface area contributed by atoms with E-state index in [9.17, 15) is 4.79 Å². The number of hydrogen-bond acceptors (Lipinski definition) is 3. The van der Waals surface area contributed by atoms with Gasteiger partial charge in [-0.05, 0) is 49.3 Å². The molecule has 7 heteroatoms. The Hall–Kier alpha value is -1.35. The van der Waals surface area contributed by atoms with Crippen LogP contribution < -0.4 is 10.6 Å². The Bertz CT molecular complexity index is 673. The Balaban J connectivity index is 0.00000300. The van der Waals surface area contributed by atoms with Crippen LogP contribution in [0.15, 0.2) is 29.3 Å². The van der Waals surface area contributed by atoms with Gasteiger partial charge in [-0.1, -0.05) is 25.0 Å². The minimum absolute atomic E-state index is 0. The third-order valence-electron chi connectivity index (χ3n) is 5.57. The molecular weight excluding hydrogens is 479 g/mol. The number of rotatable bonds is 9. The summed E-state index contributed by atoms with van der Waals surface area (Å²) >= 11 is 0. The summed E-state index contributed by atoms with van der Waals surface area (Å²) in [6, 6.07) is 8.03. The second-order valence-corrected chi connectivity index (χ2v) is 8.01. The van der Waals surface area contributed by atoms with E-state index in [-0.39, 0.29) is 35.8 Å². The van der Waals surface area contributed by atoms with Crippen molar-refractivity contribution in [2.45, 2.75) is 45.1 Å². The number of ether oxygens (including phenoxy) is 1. The Kier molecular flexibility index (Phi) is 10.2. The van der Waals surface area contributed by atoms with E-state index in [1.54, 1.807) is 7.05 Å². The highest BCUT2D eigenvalue weighted by molar-refractivity contribution is 14.0. The maximum atomic E-state index is 12.3. The number of carbonyl (C=O) groups excluding carboxylic acids is 1. The molecule has 2 saturated carbocycles. The number of carbonyl (C=O) groups is 1. The third kappa shape index (κ3) is 8.12. The highest BCUT2D eigenvalue weighted by Crippen LogP contribution is 2.28. The monoisotopic (exact) mass is 514 g/mol. The van der Waals surface area contributed by atoms with Crippen LogP contribution in [0, 0.1) is 11.8 Å². The van der Waals surface area contributed by atoms with Gasteiger partial charge in [0.1, 0.15) is 0 Å². The smallest absolute Gasteiger partial charge is 0.227 e. The summed E-state index contributed by atoms with van der Waals surface area (Å²) in [6.07, 6.45) is 7.00. The average Bonchev–Trinajstić information content (AvgIpc) is 3.35. The Morgan fingerprint density at radius 1 is 1.24 bits per heavy atom. The second-order valence-electron chi connectivity index (χ2n) is 8.01. The molecule has 0 heterocycles. The van der Waals surface area contributed by atoms with Crippen LogP contribution in [0.4, 0.5) is 5.69 Å². The molecule has 2 fully saturated rings. The molecule has 0 saturated heterocycles. The molecule has 0 unspecified atom stereocenters. The molecule has 1 amide bonds. The van der Waals surface area contributed by atoms with E-state index in [1.807, 2.05) is 25.2 Å². The first-order chi connectivity index (χ1) is 13.7. The molecule has 2 N–H and O–H groups in total. The molecule has 162 valence electrons. The van der Waals surface area contributed by atoms with Gasteiger partial charge < -0.3 is 20.3 Å². The lowest BCUT2D eigenvalue weighted by Crippen LogP contribution is -2.40. The first-order valence-electron chi connectivity index (χ1n) is 10.5. The molecule has 0 atom stereocenters. The van der Waals surface area contributed by atoms with Crippen LogP contribution in [0.2, 0.25) is 0 Å². The Morgan fingerprint density at radius 3 is 2.69 bits per heavy atom. The van der Waals surface area contributed by atoms with E-state index in [0.29, 0.717) is 6.54 Å². The van der Waals surface area contributed by atoms with Crippen LogP contribution in [0.5, 0.6) is 0 Å². The predicted molar refractivity (Wildman–Crippen MR) is 129 cm³/mol. The van der Waals surface area contributed by atoms with Crippen molar-refractivity contribution >= 4 is 41.5 Å². The van der Waals surface area contributed by atoms with E-state index in [0.717, 1.165) is 55.7 Å². The zero-order chi connectivity index (χ0) is 19.8. The molecule has 29 heavy (non-hydrogen) atoms. The number of nitrogens with one attached hydrogen (secondary N) is 2. The largest absolute Gasteiger partial charge is 0.379 e. The first kappa shape index (κ1) is 23.9. The van der Waals surface area contributed by atoms with Crippen molar-refractivity contribution in [3.63, 3.8) is 0 Å². The average molecular weight is 514 g/mol. The van der Waals surface area contributed by atoms with Crippen LogP contribution in [0.25, 0.3) is 0 Å². The standard InChI is InChI=1S/C22H34N4O2.HI/c1-23-22(26(2)12-13-28-16-17-10-11-17)24-15-18-6-5-9-20(14-18)25-21(27)19-7-3-4-8-19;/h5-6,9,14,17,19H,3-4,7-8,10-13,15-16H2,1-2H3,(H,23,24)(H,25,27);1H. The quantitative estimate of drug-likeness (QED) is 0.227. The fourth-order valence-electron chi connectivity index (χ4n) is 3.60. The Morgan fingerprint density at radius 2 is 2.00 bits per heavy atom. The molecule has 2 aliphatic rings. The molecule has 0 radical (unpaired) electrons. The van der Waals surface area contributed by atoms with E-state index < -0.39 is 0 Å². The molecule has 3 rings (SSSR count). The van der Waals surface area contributed by atoms with Gasteiger partial charge in [0.25, 0.3) is 0 Å². The van der Waals surface area contributed by atoms with Crippen LogP contribution in [-0.4, -0.2) is 50.6 Å². The topological polar surface area (TPSA) is 66.0 Å². The zero-order valence-electron chi connectivity index (χ0n) is 17.7. The summed E-state index contributed by atoms with van der Waals surface area (Å²) in [6.45, 7) is 3.08. The SMILES string of the molecule is CN=C(NCc1cccc(NC(=O)C2CCCC2)c1)N(C)CCOCC1CC1.I. The van der Waals surface area contributed by atoms with Gasteiger partial charge in [-0.15, -0.1) is 24.0 Å². The fraction of sp³-hybridized carbons (Fsp3) is 0.636. The minimum Gasteiger partial charge on any atom is -0.379 e. The van der Waals surface area contributed by atoms with E-state index in [4.69, 9.17) is 4.74 Å². The number of benzene rings is 1. The van der Waals surface area contributed by atoms with E-state index in [2.05, 4.69) is 26.6 Å². The van der Waals surface area contributed by atoms with Gasteiger partial charge in [-0.25, -0.2) is 0 Å². The van der Waals surface area contributed by atoms with Gasteiger partial charge in [0, 0.05) is 45.4 Å². The maximum Gasteiger partial charge on any atom is 0.227 e. The van der Waals surface area contributed by atoms with Crippen molar-refractivity contribution in [1.29, 1.82) is 0 Å². The molecule has 2 aliphatic carbocycles. The first-order valence-corrected chi connectivity index (χ1v) is 10.5. The summed E-state index contributed by atoms with van der Waals surface area (Å²) in [7, 11) is 3.82. The van der Waals surface area contributed by atoms with Crippen molar-refractivity contribution in [3.05, 3.63) is 29.8 Å². The number of anilines is 1. The molecule has 0 aliphatic heterocycles. The summed E-state index contributed by atoms with van der Waals surface area (Å²) in [5.74, 6) is 1.97. The lowest BCUT2D eigenvalue weighted by molar-refractivity contribution is -0.119. The summed E-state index contributed by atoms with van der Waals surface area (Å²) < 4.78 is 5.72. The van der Waals surface area contributed by atoms with Gasteiger partial charge in [-0.2, -0.15) is 0 Å². The van der Waals surface area contributed by atoms with Crippen molar-refractivity contribution < 1.29 is 9.53 Å². The van der Waals surface area contributed by atoms with Gasteiger partial charge in [-0.3, -0.25) is 9.79 Å². The minimum atomic E-state index is 0. The molecule has 1 aromatic rings. The lowest BCUT2D eigenvalue weighted by Gasteiger charge is -2.22. The Labute approximate surface area is 191 Å². The zero-order valence-corrected chi connectivity index (χ0v) is 20.0. The highest BCUT2D eigenvalue weighted by Gasteiger charge is 2.22. The molecule has 6 nitrogen and oxygen atoms in total. The fourth-order valence-corrected chi connectivity index (χ4v) is 3.60. The van der Waals surface area contributed by atoms with Crippen molar-refractivity contribution in [2.24, 2.45) is 16.8 Å². The number of guanidine groups is 1. The normalized spacial score (nSPS) is 17.0. The summed E-state index contributed by atoms with van der Waals surface area (Å²) in [4.78, 5) is 18.8. The van der Waals surface area contributed by atoms with Crippen molar-refractivity contribution in [3.8, 4) is 0 Å². The van der Waals surface area contributed by atoms with E-state index >= 15 is 0 Å². The molecule has 0 bridgehead atoms. The van der Waals surface area contributed by atoms with Gasteiger partial charge in [0.05, 0.1) is 6.61 Å². The third-order valence-corrected chi connectivity index (χ3v) is 5.57. The van der Waals surface area contributed by atoms with Crippen LogP contribution in [0.1, 0.15) is 44.1 Å². The van der Waals surface area contributed by atoms with Crippen molar-refractivity contribution in [1.82, 2.24) is 10.2 Å². The molecule has 1 aromatic carbocycles. The predicted octanol–water partition coefficient (Wildman–Crippen LogP) is 3.87. The molecular formula is C22H35IN4O2. The maximum absolute atomic E-state index is 12.3. The second kappa shape index (κ2) is 12.4. The van der Waals surface area contributed by atoms with Crippen LogP contribution in [0.3, 0.4) is 0 Å².